The zero-order valence-corrected chi connectivity index (χ0v) is 9.88. The number of fused-ring (bicyclic) bond motifs is 1. The number of hydrogen-bond acceptors (Lipinski definition) is 3. The van der Waals surface area contributed by atoms with Gasteiger partial charge in [0.15, 0.2) is 0 Å². The topological polar surface area (TPSA) is 43.1 Å². The van der Waals surface area contributed by atoms with Gasteiger partial charge in [-0.3, -0.25) is 9.78 Å². The van der Waals surface area contributed by atoms with Crippen molar-refractivity contribution < 1.29 is 4.42 Å². The van der Waals surface area contributed by atoms with Crippen LogP contribution in [-0.2, 0) is 0 Å². The van der Waals surface area contributed by atoms with E-state index in [0.29, 0.717) is 22.2 Å². The van der Waals surface area contributed by atoms with E-state index in [1.54, 1.807) is 18.3 Å². The lowest BCUT2D eigenvalue weighted by molar-refractivity contribution is 0.604. The van der Waals surface area contributed by atoms with E-state index in [0.717, 1.165) is 5.56 Å². The Morgan fingerprint density at radius 1 is 1.17 bits per heavy atom. The molecule has 0 atom stereocenters. The van der Waals surface area contributed by atoms with Crippen LogP contribution < -0.4 is 5.43 Å². The molecule has 3 aromatic rings. The molecule has 0 N–H and O–H groups in total. The molecule has 0 spiro atoms. The Morgan fingerprint density at radius 2 is 2.06 bits per heavy atom. The number of aryl methyl sites for hydroxylation is 1. The molecule has 3 rings (SSSR count). The highest BCUT2D eigenvalue weighted by atomic mass is 16.3. The number of benzene rings is 1. The fraction of sp³-hybridized carbons (Fsp3) is 0.0667. The number of pyridine rings is 1. The Bertz CT molecular complexity index is 760. The van der Waals surface area contributed by atoms with Gasteiger partial charge in [0.25, 0.3) is 0 Å². The summed E-state index contributed by atoms with van der Waals surface area (Å²) in [5.74, 6) is 0. The molecule has 88 valence electrons. The molecule has 0 aliphatic heterocycles. The van der Waals surface area contributed by atoms with Crippen LogP contribution in [0.25, 0.3) is 22.2 Å². The Labute approximate surface area is 104 Å². The molecular weight excluding hydrogens is 226 g/mol. The highest BCUT2D eigenvalue weighted by molar-refractivity contribution is 5.81. The van der Waals surface area contributed by atoms with Gasteiger partial charge in [-0.25, -0.2) is 0 Å². The second-order valence-corrected chi connectivity index (χ2v) is 4.19. The smallest absolute Gasteiger partial charge is 0.202 e. The van der Waals surface area contributed by atoms with Gasteiger partial charge in [0.1, 0.15) is 11.8 Å². The number of nitrogens with zero attached hydrogens (tertiary/aromatic N) is 1. The molecule has 0 aliphatic rings. The summed E-state index contributed by atoms with van der Waals surface area (Å²) in [7, 11) is 0. The largest absolute Gasteiger partial charge is 0.463 e. The Hall–Kier alpha value is -2.42. The summed E-state index contributed by atoms with van der Waals surface area (Å²) in [4.78, 5) is 16.5. The molecule has 0 radical (unpaired) electrons. The first-order chi connectivity index (χ1) is 8.75. The van der Waals surface area contributed by atoms with E-state index in [2.05, 4.69) is 4.98 Å². The third-order valence-electron chi connectivity index (χ3n) is 2.87. The van der Waals surface area contributed by atoms with Gasteiger partial charge in [0.2, 0.25) is 5.43 Å². The van der Waals surface area contributed by atoms with E-state index < -0.39 is 0 Å². The van der Waals surface area contributed by atoms with Gasteiger partial charge in [-0.1, -0.05) is 12.1 Å². The molecule has 2 aromatic heterocycles. The normalized spacial score (nSPS) is 10.7. The molecule has 0 bridgehead atoms. The first-order valence-corrected chi connectivity index (χ1v) is 5.69. The predicted molar refractivity (Wildman–Crippen MR) is 70.5 cm³/mol. The van der Waals surface area contributed by atoms with Crippen LogP contribution in [0.15, 0.2) is 58.1 Å². The fourth-order valence-electron chi connectivity index (χ4n) is 1.93. The molecule has 0 saturated heterocycles. The highest BCUT2D eigenvalue weighted by Crippen LogP contribution is 2.18. The zero-order valence-electron chi connectivity index (χ0n) is 9.88. The molecule has 2 heterocycles. The maximum absolute atomic E-state index is 12.3. The van der Waals surface area contributed by atoms with Gasteiger partial charge in [0.05, 0.1) is 16.6 Å². The van der Waals surface area contributed by atoms with Crippen molar-refractivity contribution >= 4 is 11.0 Å². The van der Waals surface area contributed by atoms with Crippen LogP contribution >= 0.6 is 0 Å². The lowest BCUT2D eigenvalue weighted by Crippen LogP contribution is -2.05. The molecular formula is C15H11NO2. The monoisotopic (exact) mass is 237 g/mol. The fourth-order valence-corrected chi connectivity index (χ4v) is 1.93. The van der Waals surface area contributed by atoms with E-state index >= 15 is 0 Å². The lowest BCUT2D eigenvalue weighted by atomic mass is 10.1. The molecule has 0 amide bonds. The summed E-state index contributed by atoms with van der Waals surface area (Å²) in [6.07, 6.45) is 3.14. The van der Waals surface area contributed by atoms with Gasteiger partial charge < -0.3 is 4.42 Å². The molecule has 3 heteroatoms. The molecule has 0 aliphatic carbocycles. The highest BCUT2D eigenvalue weighted by Gasteiger charge is 2.09. The minimum atomic E-state index is -0.0463. The quantitative estimate of drug-likeness (QED) is 0.653. The van der Waals surface area contributed by atoms with Crippen molar-refractivity contribution in [3.63, 3.8) is 0 Å². The van der Waals surface area contributed by atoms with Crippen LogP contribution in [0.4, 0.5) is 0 Å². The van der Waals surface area contributed by atoms with Crippen molar-refractivity contribution in [2.24, 2.45) is 0 Å². The summed E-state index contributed by atoms with van der Waals surface area (Å²) in [5.41, 5.74) is 2.76. The summed E-state index contributed by atoms with van der Waals surface area (Å²) < 4.78 is 5.52. The third-order valence-corrected chi connectivity index (χ3v) is 2.87. The SMILES string of the molecule is Cc1ccc2c(=O)c(-c3ccccn3)coc2c1. The van der Waals surface area contributed by atoms with Gasteiger partial charge in [0, 0.05) is 6.20 Å². The van der Waals surface area contributed by atoms with Crippen LogP contribution in [0.2, 0.25) is 0 Å². The molecule has 1 aromatic carbocycles. The van der Waals surface area contributed by atoms with Gasteiger partial charge in [-0.05, 0) is 36.8 Å². The van der Waals surface area contributed by atoms with Crippen LogP contribution in [0, 0.1) is 6.92 Å². The Kier molecular flexibility index (Phi) is 2.45. The molecule has 0 unspecified atom stereocenters. The molecule has 3 nitrogen and oxygen atoms in total. The summed E-state index contributed by atoms with van der Waals surface area (Å²) in [5, 5.41) is 0.587. The maximum atomic E-state index is 12.3. The van der Waals surface area contributed by atoms with E-state index in [4.69, 9.17) is 4.42 Å². The number of aromatic nitrogens is 1. The van der Waals surface area contributed by atoms with Crippen molar-refractivity contribution in [2.75, 3.05) is 0 Å². The van der Waals surface area contributed by atoms with Crippen molar-refractivity contribution in [3.05, 3.63) is 64.6 Å². The minimum Gasteiger partial charge on any atom is -0.463 e. The maximum Gasteiger partial charge on any atom is 0.202 e. The van der Waals surface area contributed by atoms with E-state index in [-0.39, 0.29) is 5.43 Å². The minimum absolute atomic E-state index is 0.0463. The van der Waals surface area contributed by atoms with Crippen LogP contribution in [0.5, 0.6) is 0 Å². The van der Waals surface area contributed by atoms with Crippen molar-refractivity contribution in [3.8, 4) is 11.3 Å². The van der Waals surface area contributed by atoms with Crippen LogP contribution in [-0.4, -0.2) is 4.98 Å². The van der Waals surface area contributed by atoms with Gasteiger partial charge >= 0.3 is 0 Å². The number of hydrogen-bond donors (Lipinski definition) is 0. The van der Waals surface area contributed by atoms with Crippen molar-refractivity contribution in [1.29, 1.82) is 0 Å². The summed E-state index contributed by atoms with van der Waals surface area (Å²) in [6.45, 7) is 1.96. The van der Waals surface area contributed by atoms with Crippen molar-refractivity contribution in [2.45, 2.75) is 6.92 Å². The average Bonchev–Trinajstić information content (AvgIpc) is 2.40. The first kappa shape index (κ1) is 10.7. The molecule has 0 saturated carbocycles. The predicted octanol–water partition coefficient (Wildman–Crippen LogP) is 3.16. The first-order valence-electron chi connectivity index (χ1n) is 5.69. The third kappa shape index (κ3) is 1.70. The zero-order chi connectivity index (χ0) is 12.5. The van der Waals surface area contributed by atoms with Gasteiger partial charge in [-0.15, -0.1) is 0 Å². The van der Waals surface area contributed by atoms with Crippen molar-refractivity contribution in [1.82, 2.24) is 4.98 Å². The molecule has 18 heavy (non-hydrogen) atoms. The van der Waals surface area contributed by atoms with Gasteiger partial charge in [-0.2, -0.15) is 0 Å². The van der Waals surface area contributed by atoms with Crippen LogP contribution in [0.3, 0.4) is 0 Å². The Morgan fingerprint density at radius 3 is 2.83 bits per heavy atom. The lowest BCUT2D eigenvalue weighted by Gasteiger charge is -2.02. The second kappa shape index (κ2) is 4.11. The van der Waals surface area contributed by atoms with Crippen LogP contribution in [0.1, 0.15) is 5.56 Å². The Balaban J connectivity index is 2.31. The van der Waals surface area contributed by atoms with E-state index in [1.807, 2.05) is 31.2 Å². The standard InChI is InChI=1S/C15H11NO2/c1-10-5-6-11-14(8-10)18-9-12(15(11)17)13-4-2-3-7-16-13/h2-9H,1H3. The summed E-state index contributed by atoms with van der Waals surface area (Å²) >= 11 is 0. The summed E-state index contributed by atoms with van der Waals surface area (Å²) in [6, 6.07) is 11.0. The second-order valence-electron chi connectivity index (χ2n) is 4.19. The average molecular weight is 237 g/mol. The molecule has 0 fully saturated rings. The number of rotatable bonds is 1. The van der Waals surface area contributed by atoms with E-state index in [1.165, 1.54) is 6.26 Å². The van der Waals surface area contributed by atoms with E-state index in [9.17, 15) is 4.79 Å².